The fraction of sp³-hybridized carbons (Fsp3) is 0.412. The molecule has 0 bridgehead atoms. The highest BCUT2D eigenvalue weighted by Gasteiger charge is 2.40. The summed E-state index contributed by atoms with van der Waals surface area (Å²) in [7, 11) is 0. The highest BCUT2D eigenvalue weighted by Crippen LogP contribution is 2.45. The minimum atomic E-state index is -0.220. The van der Waals surface area contributed by atoms with Crippen molar-refractivity contribution in [3.63, 3.8) is 0 Å². The van der Waals surface area contributed by atoms with Crippen LogP contribution in [0.15, 0.2) is 91.0 Å². The van der Waals surface area contributed by atoms with Crippen LogP contribution < -0.4 is 0 Å². The summed E-state index contributed by atoms with van der Waals surface area (Å²) in [5.41, 5.74) is 3.18. The van der Waals surface area contributed by atoms with Gasteiger partial charge in [-0.1, -0.05) is 91.0 Å². The Bertz CT molecular complexity index is 1190. The van der Waals surface area contributed by atoms with E-state index in [1.807, 2.05) is 72.5 Å². The molecule has 0 radical (unpaired) electrons. The lowest BCUT2D eigenvalue weighted by Crippen LogP contribution is -2.48. The third-order valence-electron chi connectivity index (χ3n) is 8.62. The molecule has 2 aliphatic rings. The van der Waals surface area contributed by atoms with Gasteiger partial charge in [0.15, 0.2) is 5.78 Å². The van der Waals surface area contributed by atoms with E-state index in [9.17, 15) is 9.59 Å². The van der Waals surface area contributed by atoms with Gasteiger partial charge in [-0.15, -0.1) is 0 Å². The Morgan fingerprint density at radius 3 is 2.10 bits per heavy atom. The predicted octanol–water partition coefficient (Wildman–Crippen LogP) is 6.80. The molecule has 1 saturated heterocycles. The summed E-state index contributed by atoms with van der Waals surface area (Å²) < 4.78 is 5.64. The molecule has 5 nitrogen and oxygen atoms in total. The van der Waals surface area contributed by atoms with E-state index in [0.29, 0.717) is 25.0 Å². The number of carbonyl (C=O) groups excluding carboxylic acids is 2. The van der Waals surface area contributed by atoms with E-state index in [2.05, 4.69) is 35.2 Å². The zero-order chi connectivity index (χ0) is 27.0. The molecule has 0 aromatic heterocycles. The van der Waals surface area contributed by atoms with Gasteiger partial charge in [-0.3, -0.25) is 4.79 Å². The quantitative estimate of drug-likeness (QED) is 0.289. The molecular weight excluding hydrogens is 484 g/mol. The van der Waals surface area contributed by atoms with E-state index >= 15 is 0 Å². The lowest BCUT2D eigenvalue weighted by Gasteiger charge is -2.39. The van der Waals surface area contributed by atoms with Crippen molar-refractivity contribution in [3.05, 3.63) is 108 Å². The monoisotopic (exact) mass is 524 g/mol. The predicted molar refractivity (Wildman–Crippen MR) is 155 cm³/mol. The molecule has 1 heterocycles. The number of ether oxygens (including phenoxy) is 1. The molecule has 204 valence electrons. The molecule has 5 heteroatoms. The van der Waals surface area contributed by atoms with E-state index in [4.69, 9.17) is 4.74 Å². The normalized spacial score (nSPS) is 21.9. The minimum Gasteiger partial charge on any atom is -0.445 e. The van der Waals surface area contributed by atoms with E-state index in [-0.39, 0.29) is 23.8 Å². The molecule has 39 heavy (non-hydrogen) atoms. The third-order valence-corrected chi connectivity index (χ3v) is 8.62. The minimum absolute atomic E-state index is 0.0649. The largest absolute Gasteiger partial charge is 0.445 e. The standard InChI is InChI=1S/C34H40N2O3/c1-2-36(34(38)39-25-26-12-6-3-7-13-26)31-18-20-35(21-19-31)24-30-22-29(33(37)28-16-10-5-11-17-28)23-32(30)27-14-8-4-9-15-27/h3-17,29-32H,2,18-25H2,1H3. The first kappa shape index (κ1) is 27.1. The second-order valence-corrected chi connectivity index (χ2v) is 11.0. The van der Waals surface area contributed by atoms with Gasteiger partial charge >= 0.3 is 6.09 Å². The summed E-state index contributed by atoms with van der Waals surface area (Å²) in [6, 6.07) is 30.5. The van der Waals surface area contributed by atoms with Gasteiger partial charge in [-0.05, 0) is 55.6 Å². The van der Waals surface area contributed by atoms with Crippen LogP contribution in [-0.4, -0.2) is 53.9 Å². The number of nitrogens with zero attached hydrogens (tertiary/aromatic N) is 2. The molecular formula is C34H40N2O3. The van der Waals surface area contributed by atoms with E-state index in [1.54, 1.807) is 0 Å². The number of ketones is 1. The number of hydrogen-bond acceptors (Lipinski definition) is 4. The summed E-state index contributed by atoms with van der Waals surface area (Å²) in [5.74, 6) is 1.18. The number of carbonyl (C=O) groups is 2. The summed E-state index contributed by atoms with van der Waals surface area (Å²) in [6.07, 6.45) is 3.52. The van der Waals surface area contributed by atoms with Crippen LogP contribution in [0, 0.1) is 11.8 Å². The number of likely N-dealkylation sites (tertiary alicyclic amines) is 1. The molecule has 5 rings (SSSR count). The maximum atomic E-state index is 13.4. The molecule has 1 aliphatic carbocycles. The van der Waals surface area contributed by atoms with Gasteiger partial charge in [0.05, 0.1) is 0 Å². The molecule has 2 fully saturated rings. The van der Waals surface area contributed by atoms with Crippen molar-refractivity contribution in [1.82, 2.24) is 9.80 Å². The Labute approximate surface area is 232 Å². The number of Topliss-reactive ketones (excluding diaryl/α,β-unsaturated/α-hetero) is 1. The molecule has 0 N–H and O–H groups in total. The third kappa shape index (κ3) is 6.77. The Kier molecular flexibility index (Phi) is 9.10. The number of piperidine rings is 1. The van der Waals surface area contributed by atoms with Crippen molar-refractivity contribution in [3.8, 4) is 0 Å². The molecule has 1 aliphatic heterocycles. The topological polar surface area (TPSA) is 49.9 Å². The number of benzene rings is 3. The van der Waals surface area contributed by atoms with Crippen LogP contribution in [0.1, 0.15) is 60.0 Å². The van der Waals surface area contributed by atoms with E-state index < -0.39 is 0 Å². The molecule has 3 unspecified atom stereocenters. The first-order valence-corrected chi connectivity index (χ1v) is 14.5. The molecule has 1 amide bonds. The van der Waals surface area contributed by atoms with Gasteiger partial charge in [0.2, 0.25) is 0 Å². The van der Waals surface area contributed by atoms with Crippen molar-refractivity contribution in [1.29, 1.82) is 0 Å². The number of hydrogen-bond donors (Lipinski definition) is 0. The SMILES string of the molecule is CCN(C(=O)OCc1ccccc1)C1CCN(CC2CC(C(=O)c3ccccc3)CC2c2ccccc2)CC1. The fourth-order valence-corrected chi connectivity index (χ4v) is 6.57. The van der Waals surface area contributed by atoms with Crippen LogP contribution in [-0.2, 0) is 11.3 Å². The van der Waals surface area contributed by atoms with Crippen LogP contribution in [0.3, 0.4) is 0 Å². The molecule has 3 atom stereocenters. The van der Waals surface area contributed by atoms with Crippen LogP contribution in [0.2, 0.25) is 0 Å². The van der Waals surface area contributed by atoms with E-state index in [0.717, 1.165) is 56.4 Å². The second-order valence-electron chi connectivity index (χ2n) is 11.0. The van der Waals surface area contributed by atoms with Crippen molar-refractivity contribution < 1.29 is 14.3 Å². The second kappa shape index (κ2) is 13.1. The Balaban J connectivity index is 1.18. The number of amides is 1. The lowest BCUT2D eigenvalue weighted by atomic mass is 9.88. The first-order chi connectivity index (χ1) is 19.1. The van der Waals surface area contributed by atoms with Gasteiger partial charge in [0.25, 0.3) is 0 Å². The summed E-state index contributed by atoms with van der Waals surface area (Å²) in [6.45, 7) is 5.91. The maximum Gasteiger partial charge on any atom is 0.410 e. The van der Waals surface area contributed by atoms with Crippen LogP contribution >= 0.6 is 0 Å². The van der Waals surface area contributed by atoms with Crippen LogP contribution in [0.5, 0.6) is 0 Å². The van der Waals surface area contributed by atoms with Crippen molar-refractivity contribution in [2.24, 2.45) is 11.8 Å². The molecule has 3 aromatic carbocycles. The van der Waals surface area contributed by atoms with Crippen molar-refractivity contribution in [2.75, 3.05) is 26.2 Å². The highest BCUT2D eigenvalue weighted by molar-refractivity contribution is 5.98. The van der Waals surface area contributed by atoms with Crippen molar-refractivity contribution in [2.45, 2.75) is 51.2 Å². The smallest absolute Gasteiger partial charge is 0.410 e. The van der Waals surface area contributed by atoms with Gasteiger partial charge in [-0.25, -0.2) is 4.79 Å². The highest BCUT2D eigenvalue weighted by atomic mass is 16.6. The van der Waals surface area contributed by atoms with E-state index in [1.165, 1.54) is 5.56 Å². The van der Waals surface area contributed by atoms with Gasteiger partial charge in [0, 0.05) is 43.7 Å². The Morgan fingerprint density at radius 1 is 0.846 bits per heavy atom. The Hall–Kier alpha value is -3.44. The summed E-state index contributed by atoms with van der Waals surface area (Å²) in [5, 5.41) is 0. The van der Waals surface area contributed by atoms with Gasteiger partial charge < -0.3 is 14.5 Å². The molecule has 3 aromatic rings. The maximum absolute atomic E-state index is 13.4. The zero-order valence-electron chi connectivity index (χ0n) is 23.0. The van der Waals surface area contributed by atoms with Crippen molar-refractivity contribution >= 4 is 11.9 Å². The zero-order valence-corrected chi connectivity index (χ0v) is 23.0. The average molecular weight is 525 g/mol. The number of rotatable bonds is 9. The fourth-order valence-electron chi connectivity index (χ4n) is 6.57. The molecule has 0 spiro atoms. The average Bonchev–Trinajstić information content (AvgIpc) is 3.42. The Morgan fingerprint density at radius 2 is 1.46 bits per heavy atom. The van der Waals surface area contributed by atoms with Crippen LogP contribution in [0.4, 0.5) is 4.79 Å². The van der Waals surface area contributed by atoms with Gasteiger partial charge in [0.1, 0.15) is 6.61 Å². The lowest BCUT2D eigenvalue weighted by molar-refractivity contribution is 0.0601. The summed E-state index contributed by atoms with van der Waals surface area (Å²) >= 11 is 0. The first-order valence-electron chi connectivity index (χ1n) is 14.5. The summed E-state index contributed by atoms with van der Waals surface area (Å²) in [4.78, 5) is 30.7. The molecule has 1 saturated carbocycles. The van der Waals surface area contributed by atoms with Crippen LogP contribution in [0.25, 0.3) is 0 Å². The van der Waals surface area contributed by atoms with Gasteiger partial charge in [-0.2, -0.15) is 0 Å².